The third-order valence-electron chi connectivity index (χ3n) is 9.09. The molecular weight excluding hydrogens is 520 g/mol. The average molecular weight is 569 g/mol. The van der Waals surface area contributed by atoms with Crippen LogP contribution in [0.2, 0.25) is 0 Å². The van der Waals surface area contributed by atoms with Gasteiger partial charge in [-0.3, -0.25) is 4.57 Å². The van der Waals surface area contributed by atoms with E-state index in [2.05, 4.69) is 157 Å². The highest BCUT2D eigenvalue weighted by Crippen LogP contribution is 2.43. The molecule has 0 aliphatic heterocycles. The van der Waals surface area contributed by atoms with Crippen LogP contribution >= 0.6 is 0 Å². The molecule has 0 bridgehead atoms. The van der Waals surface area contributed by atoms with Crippen molar-refractivity contribution in [2.45, 2.75) is 73.6 Å². The van der Waals surface area contributed by atoms with E-state index in [1.54, 1.807) is 0 Å². The predicted octanol–water partition coefficient (Wildman–Crippen LogP) is 11.2. The first-order valence-electron chi connectivity index (χ1n) is 16.0. The molecule has 1 heterocycles. The molecule has 2 heteroatoms. The molecule has 4 aromatic carbocycles. The van der Waals surface area contributed by atoms with E-state index in [0.29, 0.717) is 17.8 Å². The van der Waals surface area contributed by atoms with Crippen molar-refractivity contribution in [3.63, 3.8) is 0 Å². The largest absolute Gasteiger partial charge is 0.299 e. The van der Waals surface area contributed by atoms with Gasteiger partial charge in [-0.2, -0.15) is 0 Å². The van der Waals surface area contributed by atoms with Crippen molar-refractivity contribution in [3.8, 4) is 39.3 Å². The van der Waals surface area contributed by atoms with Crippen LogP contribution in [-0.2, 0) is 18.3 Å². The quantitative estimate of drug-likeness (QED) is 0.164. The molecule has 5 rings (SSSR count). The maximum absolute atomic E-state index is 5.10. The summed E-state index contributed by atoms with van der Waals surface area (Å²) >= 11 is 0. The molecule has 1 aromatic heterocycles. The molecule has 0 amide bonds. The van der Waals surface area contributed by atoms with Crippen LogP contribution in [0, 0.1) is 17.8 Å². The summed E-state index contributed by atoms with van der Waals surface area (Å²) in [4.78, 5) is 5.10. The van der Waals surface area contributed by atoms with Crippen molar-refractivity contribution < 1.29 is 0 Å². The lowest BCUT2D eigenvalue weighted by Gasteiger charge is -2.32. The second kappa shape index (κ2) is 12.8. The fourth-order valence-electron chi connectivity index (χ4n) is 6.26. The van der Waals surface area contributed by atoms with Crippen LogP contribution in [0.1, 0.15) is 72.1 Å². The molecule has 0 fully saturated rings. The van der Waals surface area contributed by atoms with E-state index < -0.39 is 0 Å². The van der Waals surface area contributed by atoms with Gasteiger partial charge in [0.15, 0.2) is 0 Å². The van der Waals surface area contributed by atoms with Crippen LogP contribution < -0.4 is 0 Å². The lowest BCUT2D eigenvalue weighted by atomic mass is 9.73. The minimum absolute atomic E-state index is 0.00398. The lowest BCUT2D eigenvalue weighted by Crippen LogP contribution is -2.25. The number of hydrogen-bond donors (Lipinski definition) is 0. The number of benzene rings is 4. The summed E-state index contributed by atoms with van der Waals surface area (Å²) in [6.07, 6.45) is 6.15. The highest BCUT2D eigenvalue weighted by atomic mass is 15.1. The van der Waals surface area contributed by atoms with Crippen molar-refractivity contribution in [3.05, 3.63) is 120 Å². The van der Waals surface area contributed by atoms with E-state index in [1.165, 1.54) is 50.2 Å². The van der Waals surface area contributed by atoms with Gasteiger partial charge in [0, 0.05) is 18.0 Å². The van der Waals surface area contributed by atoms with Crippen LogP contribution in [0.15, 0.2) is 103 Å². The Morgan fingerprint density at radius 3 is 1.60 bits per heavy atom. The number of imidazole rings is 1. The van der Waals surface area contributed by atoms with Gasteiger partial charge in [-0.05, 0) is 81.0 Å². The summed E-state index contributed by atoms with van der Waals surface area (Å²) in [6, 6.07) is 33.3. The summed E-state index contributed by atoms with van der Waals surface area (Å²) < 4.78 is 2.42. The Bertz CT molecular complexity index is 1580. The monoisotopic (exact) mass is 568 g/mol. The number of rotatable bonds is 10. The fourth-order valence-corrected chi connectivity index (χ4v) is 6.26. The van der Waals surface area contributed by atoms with Crippen molar-refractivity contribution in [2.24, 2.45) is 17.8 Å². The summed E-state index contributed by atoms with van der Waals surface area (Å²) in [6.45, 7) is 18.7. The molecule has 0 unspecified atom stereocenters. The third kappa shape index (κ3) is 6.25. The standard InChI is InChI=1S/C41H48N2/c1-28(2)25-36-34(31-17-11-9-12-18-31)27-35(32-19-13-10-14-20-32)37(26-29(3)4)39(36)43-24-23-42-40(43)33-21-15-16-22-38(33)41(7,8)30(5)6/h9-24,27-30H,25-26H2,1-8H3. The first kappa shape index (κ1) is 30.5. The zero-order chi connectivity index (χ0) is 30.7. The van der Waals surface area contributed by atoms with E-state index in [4.69, 9.17) is 4.98 Å². The summed E-state index contributed by atoms with van der Waals surface area (Å²) in [7, 11) is 0. The topological polar surface area (TPSA) is 17.8 Å². The van der Waals surface area contributed by atoms with Crippen LogP contribution in [-0.4, -0.2) is 9.55 Å². The lowest BCUT2D eigenvalue weighted by molar-refractivity contribution is 0.373. The Balaban J connectivity index is 1.92. The molecule has 2 nitrogen and oxygen atoms in total. The minimum Gasteiger partial charge on any atom is -0.299 e. The Kier molecular flexibility index (Phi) is 9.06. The second-order valence-electron chi connectivity index (χ2n) is 13.7. The molecular formula is C41H48N2. The summed E-state index contributed by atoms with van der Waals surface area (Å²) in [5.74, 6) is 2.49. The molecule has 0 aliphatic rings. The summed E-state index contributed by atoms with van der Waals surface area (Å²) in [5, 5.41) is 0. The molecule has 0 aliphatic carbocycles. The predicted molar refractivity (Wildman–Crippen MR) is 185 cm³/mol. The van der Waals surface area contributed by atoms with E-state index in [-0.39, 0.29) is 5.41 Å². The van der Waals surface area contributed by atoms with E-state index in [0.717, 1.165) is 18.7 Å². The van der Waals surface area contributed by atoms with E-state index in [1.807, 2.05) is 6.20 Å². The van der Waals surface area contributed by atoms with Gasteiger partial charge in [0.25, 0.3) is 0 Å². The first-order valence-corrected chi connectivity index (χ1v) is 16.0. The Morgan fingerprint density at radius 2 is 1.12 bits per heavy atom. The molecule has 222 valence electrons. The average Bonchev–Trinajstić information content (AvgIpc) is 3.47. The molecule has 0 spiro atoms. The highest BCUT2D eigenvalue weighted by molar-refractivity contribution is 5.84. The Labute approximate surface area is 259 Å². The van der Waals surface area contributed by atoms with Crippen molar-refractivity contribution in [1.82, 2.24) is 9.55 Å². The minimum atomic E-state index is -0.00398. The van der Waals surface area contributed by atoms with Gasteiger partial charge in [-0.15, -0.1) is 0 Å². The Hall–Kier alpha value is -3.91. The van der Waals surface area contributed by atoms with Crippen LogP contribution in [0.3, 0.4) is 0 Å². The maximum Gasteiger partial charge on any atom is 0.144 e. The zero-order valence-corrected chi connectivity index (χ0v) is 27.4. The maximum atomic E-state index is 5.10. The molecule has 0 N–H and O–H groups in total. The summed E-state index contributed by atoms with van der Waals surface area (Å²) in [5.41, 5.74) is 11.8. The van der Waals surface area contributed by atoms with E-state index >= 15 is 0 Å². The normalized spacial score (nSPS) is 12.1. The SMILES string of the molecule is CC(C)Cc1c(-c2ccccc2)cc(-c2ccccc2)c(CC(C)C)c1-n1ccnc1-c1ccccc1C(C)(C)C(C)C. The van der Waals surface area contributed by atoms with Gasteiger partial charge in [-0.1, -0.05) is 140 Å². The third-order valence-corrected chi connectivity index (χ3v) is 9.09. The van der Waals surface area contributed by atoms with Gasteiger partial charge in [0.05, 0.1) is 5.69 Å². The van der Waals surface area contributed by atoms with Gasteiger partial charge >= 0.3 is 0 Å². The molecule has 0 radical (unpaired) electrons. The van der Waals surface area contributed by atoms with Gasteiger partial charge in [0.1, 0.15) is 5.82 Å². The van der Waals surface area contributed by atoms with Crippen molar-refractivity contribution >= 4 is 0 Å². The number of aromatic nitrogens is 2. The van der Waals surface area contributed by atoms with Gasteiger partial charge in [0.2, 0.25) is 0 Å². The second-order valence-corrected chi connectivity index (χ2v) is 13.7. The van der Waals surface area contributed by atoms with Crippen molar-refractivity contribution in [1.29, 1.82) is 0 Å². The highest BCUT2D eigenvalue weighted by Gasteiger charge is 2.30. The van der Waals surface area contributed by atoms with Crippen LogP contribution in [0.25, 0.3) is 39.3 Å². The molecule has 0 atom stereocenters. The van der Waals surface area contributed by atoms with E-state index in [9.17, 15) is 0 Å². The van der Waals surface area contributed by atoms with Crippen molar-refractivity contribution in [2.75, 3.05) is 0 Å². The molecule has 5 aromatic rings. The van der Waals surface area contributed by atoms with Crippen LogP contribution in [0.4, 0.5) is 0 Å². The zero-order valence-electron chi connectivity index (χ0n) is 27.4. The van der Waals surface area contributed by atoms with Gasteiger partial charge in [-0.25, -0.2) is 4.98 Å². The smallest absolute Gasteiger partial charge is 0.144 e. The molecule has 0 saturated carbocycles. The molecule has 0 saturated heterocycles. The number of nitrogens with zero attached hydrogens (tertiary/aromatic N) is 2. The molecule has 43 heavy (non-hydrogen) atoms. The van der Waals surface area contributed by atoms with Crippen LogP contribution in [0.5, 0.6) is 0 Å². The number of hydrogen-bond acceptors (Lipinski definition) is 1. The Morgan fingerprint density at radius 1 is 0.628 bits per heavy atom. The fraction of sp³-hybridized carbons (Fsp3) is 0.341. The first-order chi connectivity index (χ1) is 20.6. The van der Waals surface area contributed by atoms with Gasteiger partial charge < -0.3 is 0 Å².